The molecule has 0 amide bonds. The van der Waals surface area contributed by atoms with Crippen LogP contribution in [0.2, 0.25) is 0 Å². The number of ether oxygens (including phenoxy) is 3. The van der Waals surface area contributed by atoms with Gasteiger partial charge in [0.15, 0.2) is 11.5 Å². The summed E-state index contributed by atoms with van der Waals surface area (Å²) in [6.07, 6.45) is 1.34. The lowest BCUT2D eigenvalue weighted by molar-refractivity contribution is 0.208. The summed E-state index contributed by atoms with van der Waals surface area (Å²) < 4.78 is 17.1. The Balaban J connectivity index is 2.05. The second-order valence-corrected chi connectivity index (χ2v) is 7.05. The summed E-state index contributed by atoms with van der Waals surface area (Å²) in [7, 11) is 1.58. The number of rotatable bonds is 7. The first-order valence-electron chi connectivity index (χ1n) is 8.58. The van der Waals surface area contributed by atoms with E-state index in [1.54, 1.807) is 25.3 Å². The molecule has 0 atom stereocenters. The zero-order valence-corrected chi connectivity index (χ0v) is 16.1. The number of oxime groups is 1. The summed E-state index contributed by atoms with van der Waals surface area (Å²) in [6, 6.07) is 11.5. The number of benzene rings is 2. The highest BCUT2D eigenvalue weighted by atomic mass is 16.5. The van der Waals surface area contributed by atoms with Crippen LogP contribution >= 0.6 is 0 Å². The van der Waals surface area contributed by atoms with E-state index < -0.39 is 0 Å². The van der Waals surface area contributed by atoms with Crippen LogP contribution in [0.15, 0.2) is 41.6 Å². The first kappa shape index (κ1) is 19.6. The van der Waals surface area contributed by atoms with Crippen LogP contribution < -0.4 is 14.2 Å². The van der Waals surface area contributed by atoms with E-state index in [4.69, 9.17) is 19.4 Å². The van der Waals surface area contributed by atoms with Crippen LogP contribution in [-0.2, 0) is 5.41 Å². The molecule has 0 aliphatic heterocycles. The maximum absolute atomic E-state index is 8.67. The first-order valence-corrected chi connectivity index (χ1v) is 8.58. The van der Waals surface area contributed by atoms with Crippen LogP contribution in [0.1, 0.15) is 37.5 Å². The van der Waals surface area contributed by atoms with E-state index >= 15 is 0 Å². The molecule has 0 aromatic heterocycles. The predicted molar refractivity (Wildman–Crippen MR) is 103 cm³/mol. The molecule has 0 unspecified atom stereocenters. The Hall–Kier alpha value is -2.69. The maximum atomic E-state index is 8.67. The molecule has 1 N–H and O–H groups in total. The number of hydrogen-bond acceptors (Lipinski definition) is 5. The Labute approximate surface area is 155 Å². The van der Waals surface area contributed by atoms with Crippen molar-refractivity contribution in [2.75, 3.05) is 20.3 Å². The Morgan fingerprint density at radius 3 is 2.42 bits per heavy atom. The van der Waals surface area contributed by atoms with E-state index in [0.717, 1.165) is 16.9 Å². The van der Waals surface area contributed by atoms with Gasteiger partial charge in [0.2, 0.25) is 0 Å². The molecule has 2 aromatic carbocycles. The standard InChI is InChI=1S/C21H27NO4/c1-15-7-6-8-17(21(2,3)4)20(15)26-12-11-25-19-13-16(14-22-23)9-10-18(19)24-5/h6-10,13-14,23H,11-12H2,1-5H3. The van der Waals surface area contributed by atoms with E-state index in [0.29, 0.717) is 24.7 Å². The van der Waals surface area contributed by atoms with E-state index in [9.17, 15) is 0 Å². The summed E-state index contributed by atoms with van der Waals surface area (Å²) >= 11 is 0. The Morgan fingerprint density at radius 1 is 1.04 bits per heavy atom. The lowest BCUT2D eigenvalue weighted by atomic mass is 9.85. The van der Waals surface area contributed by atoms with Crippen molar-refractivity contribution in [3.8, 4) is 17.2 Å². The van der Waals surface area contributed by atoms with Crippen molar-refractivity contribution in [1.29, 1.82) is 0 Å². The van der Waals surface area contributed by atoms with Crippen LogP contribution in [0.25, 0.3) is 0 Å². The molecule has 5 nitrogen and oxygen atoms in total. The highest BCUT2D eigenvalue weighted by Crippen LogP contribution is 2.34. The van der Waals surface area contributed by atoms with Gasteiger partial charge in [0.05, 0.1) is 13.3 Å². The monoisotopic (exact) mass is 357 g/mol. The number of nitrogens with zero attached hydrogens (tertiary/aromatic N) is 1. The summed E-state index contributed by atoms with van der Waals surface area (Å²) in [4.78, 5) is 0. The normalized spacial score (nSPS) is 11.6. The summed E-state index contributed by atoms with van der Waals surface area (Å²) in [6.45, 7) is 9.34. The third kappa shape index (κ3) is 4.91. The molecule has 0 bridgehead atoms. The summed E-state index contributed by atoms with van der Waals surface area (Å²) in [5.41, 5.74) is 3.01. The second kappa shape index (κ2) is 8.61. The third-order valence-electron chi connectivity index (χ3n) is 4.00. The molecule has 2 aromatic rings. The van der Waals surface area contributed by atoms with E-state index in [-0.39, 0.29) is 5.41 Å². The van der Waals surface area contributed by atoms with Gasteiger partial charge in [-0.3, -0.25) is 0 Å². The molecule has 2 rings (SSSR count). The van der Waals surface area contributed by atoms with Gasteiger partial charge in [0.1, 0.15) is 19.0 Å². The van der Waals surface area contributed by atoms with Crippen molar-refractivity contribution in [3.05, 3.63) is 53.1 Å². The minimum Gasteiger partial charge on any atom is -0.493 e. The Morgan fingerprint density at radius 2 is 1.77 bits per heavy atom. The van der Waals surface area contributed by atoms with Crippen LogP contribution in [0, 0.1) is 6.92 Å². The minimum absolute atomic E-state index is 0.00336. The first-order chi connectivity index (χ1) is 12.4. The van der Waals surface area contributed by atoms with E-state index in [1.807, 2.05) is 13.0 Å². The van der Waals surface area contributed by atoms with E-state index in [1.165, 1.54) is 11.8 Å². The smallest absolute Gasteiger partial charge is 0.161 e. The average Bonchev–Trinajstić information content (AvgIpc) is 2.59. The summed E-state index contributed by atoms with van der Waals surface area (Å²) in [5, 5.41) is 11.7. The van der Waals surface area contributed by atoms with Crippen molar-refractivity contribution in [2.45, 2.75) is 33.1 Å². The van der Waals surface area contributed by atoms with Gasteiger partial charge in [0.25, 0.3) is 0 Å². The van der Waals surface area contributed by atoms with Crippen LogP contribution in [-0.4, -0.2) is 31.7 Å². The fraction of sp³-hybridized carbons (Fsp3) is 0.381. The molecule has 0 radical (unpaired) electrons. The molecule has 0 fully saturated rings. The summed E-state index contributed by atoms with van der Waals surface area (Å²) in [5.74, 6) is 2.11. The van der Waals surface area contributed by atoms with Crippen LogP contribution in [0.3, 0.4) is 0 Å². The fourth-order valence-corrected chi connectivity index (χ4v) is 2.68. The number of para-hydroxylation sites is 1. The molecule has 0 saturated carbocycles. The van der Waals surface area contributed by atoms with Crippen molar-refractivity contribution in [3.63, 3.8) is 0 Å². The molecule has 140 valence electrons. The quantitative estimate of drug-likeness (QED) is 0.341. The second-order valence-electron chi connectivity index (χ2n) is 7.05. The van der Waals surface area contributed by atoms with Gasteiger partial charge in [-0.25, -0.2) is 0 Å². The SMILES string of the molecule is COc1ccc(C=NO)cc1OCCOc1c(C)cccc1C(C)(C)C. The molecule has 0 heterocycles. The maximum Gasteiger partial charge on any atom is 0.161 e. The van der Waals surface area contributed by atoms with Crippen molar-refractivity contribution in [2.24, 2.45) is 5.16 Å². The number of hydrogen-bond donors (Lipinski definition) is 1. The molecule has 0 aliphatic carbocycles. The highest BCUT2D eigenvalue weighted by molar-refractivity contribution is 5.80. The third-order valence-corrected chi connectivity index (χ3v) is 4.00. The highest BCUT2D eigenvalue weighted by Gasteiger charge is 2.20. The lowest BCUT2D eigenvalue weighted by Crippen LogP contribution is -2.16. The molecule has 0 spiro atoms. The van der Waals surface area contributed by atoms with Gasteiger partial charge in [-0.1, -0.05) is 44.1 Å². The van der Waals surface area contributed by atoms with Crippen molar-refractivity contribution < 1.29 is 19.4 Å². The van der Waals surface area contributed by atoms with Gasteiger partial charge in [-0.05, 0) is 41.7 Å². The van der Waals surface area contributed by atoms with Crippen molar-refractivity contribution in [1.82, 2.24) is 0 Å². The fourth-order valence-electron chi connectivity index (χ4n) is 2.68. The van der Waals surface area contributed by atoms with Gasteiger partial charge in [-0.15, -0.1) is 0 Å². The van der Waals surface area contributed by atoms with Gasteiger partial charge in [0, 0.05) is 5.56 Å². The minimum atomic E-state index is 0.00336. The topological polar surface area (TPSA) is 60.3 Å². The zero-order chi connectivity index (χ0) is 19.2. The van der Waals surface area contributed by atoms with Crippen LogP contribution in [0.5, 0.6) is 17.2 Å². The van der Waals surface area contributed by atoms with E-state index in [2.05, 4.69) is 38.1 Å². The van der Waals surface area contributed by atoms with Crippen molar-refractivity contribution >= 4 is 6.21 Å². The molecule has 26 heavy (non-hydrogen) atoms. The number of methoxy groups -OCH3 is 1. The molecule has 5 heteroatoms. The lowest BCUT2D eigenvalue weighted by Gasteiger charge is -2.24. The molecular formula is C21H27NO4. The Bertz CT molecular complexity index is 763. The molecule has 0 saturated heterocycles. The zero-order valence-electron chi connectivity index (χ0n) is 16.1. The van der Waals surface area contributed by atoms with Gasteiger partial charge >= 0.3 is 0 Å². The van der Waals surface area contributed by atoms with Gasteiger partial charge < -0.3 is 19.4 Å². The number of aryl methyl sites for hydroxylation is 1. The predicted octanol–water partition coefficient (Wildman–Crippen LogP) is 4.57. The average molecular weight is 357 g/mol. The largest absolute Gasteiger partial charge is 0.493 e. The molecule has 0 aliphatic rings. The Kier molecular flexibility index (Phi) is 6.50. The van der Waals surface area contributed by atoms with Crippen LogP contribution in [0.4, 0.5) is 0 Å². The van der Waals surface area contributed by atoms with Gasteiger partial charge in [-0.2, -0.15) is 0 Å². The molecular weight excluding hydrogens is 330 g/mol.